The Labute approximate surface area is 107 Å². The lowest BCUT2D eigenvalue weighted by Crippen LogP contribution is -2.16. The molecule has 0 bridgehead atoms. The molecule has 0 saturated heterocycles. The molecule has 2 heteroatoms. The summed E-state index contributed by atoms with van der Waals surface area (Å²) in [5.74, 6) is 2.75. The molecule has 3 rings (SSSR count). The van der Waals surface area contributed by atoms with E-state index in [4.69, 9.17) is 23.2 Å². The maximum absolute atomic E-state index is 6.52. The first-order valence-electron chi connectivity index (χ1n) is 6.11. The zero-order chi connectivity index (χ0) is 11.1. The number of halogens is 2. The minimum Gasteiger partial charge on any atom is -0.122 e. The van der Waals surface area contributed by atoms with Gasteiger partial charge < -0.3 is 0 Å². The molecule has 1 aromatic rings. The van der Waals surface area contributed by atoms with Gasteiger partial charge in [0.15, 0.2) is 0 Å². The van der Waals surface area contributed by atoms with Crippen LogP contribution < -0.4 is 0 Å². The van der Waals surface area contributed by atoms with Crippen LogP contribution in [0, 0.1) is 17.8 Å². The molecular weight excluding hydrogens is 239 g/mol. The van der Waals surface area contributed by atoms with E-state index < -0.39 is 0 Å². The lowest BCUT2D eigenvalue weighted by atomic mass is 9.94. The van der Waals surface area contributed by atoms with E-state index in [0.29, 0.717) is 0 Å². The van der Waals surface area contributed by atoms with Crippen LogP contribution in [0.3, 0.4) is 0 Å². The summed E-state index contributed by atoms with van der Waals surface area (Å²) in [6.07, 6.45) is 5.09. The average Bonchev–Trinajstić information content (AvgIpc) is 2.89. The van der Waals surface area contributed by atoms with Crippen LogP contribution in [0.25, 0.3) is 0 Å². The molecule has 0 spiro atoms. The van der Waals surface area contributed by atoms with Gasteiger partial charge in [-0.3, -0.25) is 0 Å². The van der Waals surface area contributed by atoms with Crippen molar-refractivity contribution in [3.8, 4) is 0 Å². The predicted molar refractivity (Wildman–Crippen MR) is 69.1 cm³/mol. The third kappa shape index (κ3) is 2.10. The van der Waals surface area contributed by atoms with Crippen molar-refractivity contribution in [2.24, 2.45) is 17.8 Å². The molecule has 2 saturated carbocycles. The second-order valence-electron chi connectivity index (χ2n) is 5.30. The van der Waals surface area contributed by atoms with Crippen molar-refractivity contribution < 1.29 is 0 Å². The van der Waals surface area contributed by atoms with Crippen LogP contribution in [0.2, 0.25) is 5.02 Å². The van der Waals surface area contributed by atoms with Crippen LogP contribution in [0.15, 0.2) is 24.3 Å². The van der Waals surface area contributed by atoms with E-state index in [-0.39, 0.29) is 5.38 Å². The van der Waals surface area contributed by atoms with Crippen LogP contribution in [0.5, 0.6) is 0 Å². The Balaban J connectivity index is 1.64. The second-order valence-corrected chi connectivity index (χ2v) is 6.27. The Morgan fingerprint density at radius 2 is 1.81 bits per heavy atom. The highest BCUT2D eigenvalue weighted by molar-refractivity contribution is 6.31. The molecule has 0 amide bonds. The topological polar surface area (TPSA) is 0 Å². The minimum atomic E-state index is 0.271. The summed E-state index contributed by atoms with van der Waals surface area (Å²) in [6.45, 7) is 0. The van der Waals surface area contributed by atoms with E-state index in [2.05, 4.69) is 6.07 Å². The Morgan fingerprint density at radius 3 is 2.50 bits per heavy atom. The molecule has 0 radical (unpaired) electrons. The minimum absolute atomic E-state index is 0.271. The highest BCUT2D eigenvalue weighted by atomic mass is 35.5. The number of alkyl halides is 1. The molecule has 3 unspecified atom stereocenters. The highest BCUT2D eigenvalue weighted by Crippen LogP contribution is 2.56. The molecule has 86 valence electrons. The van der Waals surface area contributed by atoms with Crippen molar-refractivity contribution in [1.82, 2.24) is 0 Å². The summed E-state index contributed by atoms with van der Waals surface area (Å²) in [4.78, 5) is 0. The van der Waals surface area contributed by atoms with Gasteiger partial charge in [-0.1, -0.05) is 29.8 Å². The third-order valence-electron chi connectivity index (χ3n) is 4.16. The Morgan fingerprint density at radius 1 is 1.12 bits per heavy atom. The molecule has 0 nitrogen and oxygen atoms in total. The lowest BCUT2D eigenvalue weighted by Gasteiger charge is -2.19. The highest BCUT2D eigenvalue weighted by Gasteiger charge is 2.47. The Kier molecular flexibility index (Phi) is 2.89. The molecular formula is C14H16Cl2. The molecule has 2 aliphatic carbocycles. The predicted octanol–water partition coefficient (Wildman–Crippen LogP) is 4.54. The van der Waals surface area contributed by atoms with Crippen molar-refractivity contribution in [1.29, 1.82) is 0 Å². The van der Waals surface area contributed by atoms with Gasteiger partial charge in [-0.05, 0) is 55.1 Å². The number of hydrogen-bond acceptors (Lipinski definition) is 0. The molecule has 1 aromatic carbocycles. The van der Waals surface area contributed by atoms with E-state index in [0.717, 1.165) is 29.2 Å². The summed E-state index contributed by atoms with van der Waals surface area (Å²) in [7, 11) is 0. The van der Waals surface area contributed by atoms with Crippen LogP contribution in [0.4, 0.5) is 0 Å². The zero-order valence-corrected chi connectivity index (χ0v) is 10.7. The van der Waals surface area contributed by atoms with Crippen LogP contribution in [-0.4, -0.2) is 5.38 Å². The maximum atomic E-state index is 6.52. The normalized spacial score (nSPS) is 33.5. The largest absolute Gasteiger partial charge is 0.122 e. The number of rotatable bonds is 3. The van der Waals surface area contributed by atoms with Gasteiger partial charge in [0.25, 0.3) is 0 Å². The molecule has 2 aliphatic rings. The van der Waals surface area contributed by atoms with Crippen LogP contribution in [0.1, 0.15) is 24.8 Å². The quantitative estimate of drug-likeness (QED) is 0.696. The Hall–Kier alpha value is -0.200. The van der Waals surface area contributed by atoms with Gasteiger partial charge >= 0.3 is 0 Å². The molecule has 2 fully saturated rings. The van der Waals surface area contributed by atoms with Crippen LogP contribution in [-0.2, 0) is 6.42 Å². The zero-order valence-electron chi connectivity index (χ0n) is 9.20. The van der Waals surface area contributed by atoms with Gasteiger partial charge in [-0.25, -0.2) is 0 Å². The van der Waals surface area contributed by atoms with E-state index in [1.54, 1.807) is 0 Å². The van der Waals surface area contributed by atoms with Crippen molar-refractivity contribution >= 4 is 23.2 Å². The second kappa shape index (κ2) is 4.23. The fourth-order valence-corrected chi connectivity index (χ4v) is 3.68. The summed E-state index contributed by atoms with van der Waals surface area (Å²) >= 11 is 12.7. The molecule has 0 aliphatic heterocycles. The van der Waals surface area contributed by atoms with E-state index in [9.17, 15) is 0 Å². The molecule has 0 N–H and O–H groups in total. The van der Waals surface area contributed by atoms with E-state index >= 15 is 0 Å². The fraction of sp³-hybridized carbons (Fsp3) is 0.571. The first-order chi connectivity index (χ1) is 7.74. The number of fused-ring (bicyclic) bond motifs is 1. The van der Waals surface area contributed by atoms with Gasteiger partial charge in [-0.2, -0.15) is 0 Å². The molecule has 16 heavy (non-hydrogen) atoms. The summed E-state index contributed by atoms with van der Waals surface area (Å²) in [6, 6.07) is 8.05. The summed E-state index contributed by atoms with van der Waals surface area (Å²) in [5.41, 5.74) is 1.20. The van der Waals surface area contributed by atoms with Crippen molar-refractivity contribution in [2.75, 3.05) is 0 Å². The number of benzene rings is 1. The van der Waals surface area contributed by atoms with Gasteiger partial charge in [0, 0.05) is 10.4 Å². The van der Waals surface area contributed by atoms with Crippen molar-refractivity contribution in [3.63, 3.8) is 0 Å². The third-order valence-corrected chi connectivity index (χ3v) is 5.04. The maximum Gasteiger partial charge on any atom is 0.0438 e. The monoisotopic (exact) mass is 254 g/mol. The van der Waals surface area contributed by atoms with Gasteiger partial charge in [0.1, 0.15) is 0 Å². The number of hydrogen-bond donors (Lipinski definition) is 0. The molecule has 0 aromatic heterocycles. The molecule has 3 atom stereocenters. The first kappa shape index (κ1) is 10.9. The summed E-state index contributed by atoms with van der Waals surface area (Å²) < 4.78 is 0. The van der Waals surface area contributed by atoms with Crippen molar-refractivity contribution in [3.05, 3.63) is 34.9 Å². The first-order valence-corrected chi connectivity index (χ1v) is 6.93. The van der Waals surface area contributed by atoms with E-state index in [1.807, 2.05) is 18.2 Å². The van der Waals surface area contributed by atoms with Gasteiger partial charge in [-0.15, -0.1) is 11.6 Å². The van der Waals surface area contributed by atoms with Gasteiger partial charge in [0.2, 0.25) is 0 Å². The van der Waals surface area contributed by atoms with Crippen molar-refractivity contribution in [2.45, 2.75) is 31.1 Å². The van der Waals surface area contributed by atoms with Gasteiger partial charge in [0.05, 0.1) is 0 Å². The standard InChI is InChI=1S/C14H16Cl2/c15-13-4-2-1-3-9(13)8-14(16)12-6-10-5-11(10)7-12/h1-4,10-12,14H,5-8H2. The average molecular weight is 255 g/mol. The van der Waals surface area contributed by atoms with E-state index in [1.165, 1.54) is 24.8 Å². The SMILES string of the molecule is Clc1ccccc1CC(Cl)C1CC2CC2C1. The Bertz CT molecular complexity index is 378. The lowest BCUT2D eigenvalue weighted by molar-refractivity contribution is 0.460. The summed E-state index contributed by atoms with van der Waals surface area (Å²) in [5, 5.41) is 1.13. The fourth-order valence-electron chi connectivity index (χ4n) is 3.10. The van der Waals surface area contributed by atoms with Crippen LogP contribution >= 0.6 is 23.2 Å². The smallest absolute Gasteiger partial charge is 0.0438 e. The molecule has 0 heterocycles.